The van der Waals surface area contributed by atoms with Gasteiger partial charge in [-0.25, -0.2) is 4.79 Å². The predicted molar refractivity (Wildman–Crippen MR) is 99.8 cm³/mol. The van der Waals surface area contributed by atoms with E-state index in [9.17, 15) is 19.5 Å². The lowest BCUT2D eigenvalue weighted by molar-refractivity contribution is -0.111. The van der Waals surface area contributed by atoms with Crippen LogP contribution in [0.15, 0.2) is 49.1 Å². The van der Waals surface area contributed by atoms with Crippen LogP contribution in [-0.4, -0.2) is 22.9 Å². The number of hydrogen-bond acceptors (Lipinski definition) is 5. The van der Waals surface area contributed by atoms with Crippen LogP contribution >= 0.6 is 0 Å². The average molecular weight is 366 g/mol. The van der Waals surface area contributed by atoms with E-state index < -0.39 is 23.4 Å². The molecule has 0 bridgehead atoms. The molecule has 0 atom stereocenters. The molecule has 0 aromatic heterocycles. The van der Waals surface area contributed by atoms with Crippen LogP contribution in [0.25, 0.3) is 0 Å². The highest BCUT2D eigenvalue weighted by Crippen LogP contribution is 2.37. The van der Waals surface area contributed by atoms with Crippen molar-refractivity contribution in [1.82, 2.24) is 0 Å². The molecule has 7 nitrogen and oxygen atoms in total. The van der Waals surface area contributed by atoms with E-state index in [1.807, 2.05) is 0 Å². The van der Waals surface area contributed by atoms with Crippen molar-refractivity contribution < 1.29 is 24.2 Å². The van der Waals surface area contributed by atoms with Crippen molar-refractivity contribution in [2.45, 2.75) is 19.4 Å². The fraction of sp³-hybridized carbons (Fsp3) is 0.150. The van der Waals surface area contributed by atoms with Crippen LogP contribution in [0, 0.1) is 0 Å². The molecule has 27 heavy (non-hydrogen) atoms. The first-order valence-corrected chi connectivity index (χ1v) is 8.17. The van der Waals surface area contributed by atoms with Gasteiger partial charge >= 0.3 is 5.97 Å². The topological polar surface area (TPSA) is 105 Å². The SMILES string of the molecule is C=CC(=O)Nc1ccc(O)c(C(=O)Nc2ccc3c(c2)C(=O)OC3(C)C)c1. The van der Waals surface area contributed by atoms with Gasteiger partial charge < -0.3 is 20.5 Å². The second-order valence-electron chi connectivity index (χ2n) is 6.54. The van der Waals surface area contributed by atoms with E-state index in [-0.39, 0.29) is 11.3 Å². The summed E-state index contributed by atoms with van der Waals surface area (Å²) in [7, 11) is 0. The first kappa shape index (κ1) is 18.2. The number of carbonyl (C=O) groups excluding carboxylic acids is 3. The second-order valence-corrected chi connectivity index (χ2v) is 6.54. The zero-order chi connectivity index (χ0) is 19.8. The highest BCUT2D eigenvalue weighted by atomic mass is 16.6. The Hall–Kier alpha value is -3.61. The van der Waals surface area contributed by atoms with Crippen molar-refractivity contribution in [3.63, 3.8) is 0 Å². The van der Waals surface area contributed by atoms with Crippen molar-refractivity contribution in [2.24, 2.45) is 0 Å². The Morgan fingerprint density at radius 3 is 2.48 bits per heavy atom. The zero-order valence-corrected chi connectivity index (χ0v) is 14.8. The average Bonchev–Trinajstić information content (AvgIpc) is 2.85. The maximum Gasteiger partial charge on any atom is 0.339 e. The summed E-state index contributed by atoms with van der Waals surface area (Å²) >= 11 is 0. The number of amides is 2. The first-order chi connectivity index (χ1) is 12.7. The molecule has 1 aliphatic rings. The Labute approximate surface area is 155 Å². The molecular formula is C20H18N2O5. The fourth-order valence-electron chi connectivity index (χ4n) is 2.84. The molecule has 0 saturated heterocycles. The van der Waals surface area contributed by atoms with Gasteiger partial charge in [0, 0.05) is 16.9 Å². The van der Waals surface area contributed by atoms with Gasteiger partial charge in [-0.2, -0.15) is 0 Å². The third kappa shape index (κ3) is 3.52. The molecule has 2 aromatic rings. The number of phenols is 1. The molecular weight excluding hydrogens is 348 g/mol. The number of cyclic esters (lactones) is 1. The Bertz CT molecular complexity index is 978. The number of carbonyl (C=O) groups is 3. The molecule has 3 rings (SSSR count). The number of benzene rings is 2. The molecule has 0 saturated carbocycles. The molecule has 0 radical (unpaired) electrons. The van der Waals surface area contributed by atoms with E-state index in [0.717, 1.165) is 11.6 Å². The molecule has 0 aliphatic carbocycles. The van der Waals surface area contributed by atoms with Crippen molar-refractivity contribution in [2.75, 3.05) is 10.6 Å². The summed E-state index contributed by atoms with van der Waals surface area (Å²) in [6.07, 6.45) is 1.09. The highest BCUT2D eigenvalue weighted by molar-refractivity contribution is 6.08. The molecule has 3 N–H and O–H groups in total. The summed E-state index contributed by atoms with van der Waals surface area (Å²) in [4.78, 5) is 35.9. The Morgan fingerprint density at radius 1 is 1.11 bits per heavy atom. The third-order valence-electron chi connectivity index (χ3n) is 4.19. The van der Waals surface area contributed by atoms with Gasteiger partial charge in [0.05, 0.1) is 11.1 Å². The number of aromatic hydroxyl groups is 1. The minimum absolute atomic E-state index is 0.0275. The maximum atomic E-state index is 12.5. The number of fused-ring (bicyclic) bond motifs is 1. The lowest BCUT2D eigenvalue weighted by Crippen LogP contribution is -2.16. The minimum atomic E-state index is -0.717. The Balaban J connectivity index is 1.85. The smallest absolute Gasteiger partial charge is 0.339 e. The normalized spacial score (nSPS) is 14.1. The van der Waals surface area contributed by atoms with Crippen molar-refractivity contribution in [3.05, 3.63) is 65.7 Å². The second kappa shape index (κ2) is 6.60. The van der Waals surface area contributed by atoms with Crippen molar-refractivity contribution in [3.8, 4) is 5.75 Å². The van der Waals surface area contributed by atoms with Gasteiger partial charge in [-0.1, -0.05) is 12.6 Å². The molecule has 7 heteroatoms. The summed E-state index contributed by atoms with van der Waals surface area (Å²) < 4.78 is 5.31. The summed E-state index contributed by atoms with van der Waals surface area (Å²) in [6, 6.07) is 9.01. The van der Waals surface area contributed by atoms with E-state index in [0.29, 0.717) is 16.9 Å². The number of esters is 1. The molecule has 0 unspecified atom stereocenters. The number of phenolic OH excluding ortho intramolecular Hbond substituents is 1. The Kier molecular flexibility index (Phi) is 4.45. The van der Waals surface area contributed by atoms with E-state index in [1.165, 1.54) is 24.3 Å². The molecule has 138 valence electrons. The van der Waals surface area contributed by atoms with Gasteiger partial charge in [0.1, 0.15) is 11.4 Å². The van der Waals surface area contributed by atoms with Gasteiger partial charge in [0.25, 0.3) is 5.91 Å². The molecule has 0 spiro atoms. The summed E-state index contributed by atoms with van der Waals surface area (Å²) in [5, 5.41) is 15.1. The lowest BCUT2D eigenvalue weighted by Gasteiger charge is -2.17. The molecule has 0 fully saturated rings. The van der Waals surface area contributed by atoms with Crippen LogP contribution in [0.3, 0.4) is 0 Å². The fourth-order valence-corrected chi connectivity index (χ4v) is 2.84. The van der Waals surface area contributed by atoms with Gasteiger partial charge in [0.15, 0.2) is 0 Å². The van der Waals surface area contributed by atoms with Crippen LogP contribution in [0.4, 0.5) is 11.4 Å². The van der Waals surface area contributed by atoms with Gasteiger partial charge in [-0.15, -0.1) is 0 Å². The number of rotatable bonds is 4. The standard InChI is InChI=1S/C20H18N2O5/c1-4-17(24)21-11-6-8-16(23)14(10-11)18(25)22-12-5-7-15-13(9-12)19(26)27-20(15,2)3/h4-10,23H,1H2,2-3H3,(H,21,24)(H,22,25). The summed E-state index contributed by atoms with van der Waals surface area (Å²) in [5.41, 5.74) is 1.09. The van der Waals surface area contributed by atoms with Crippen LogP contribution < -0.4 is 10.6 Å². The van der Waals surface area contributed by atoms with Crippen LogP contribution in [0.5, 0.6) is 5.75 Å². The summed E-state index contributed by atoms with van der Waals surface area (Å²) in [5.74, 6) is -1.73. The van der Waals surface area contributed by atoms with E-state index in [4.69, 9.17) is 4.74 Å². The van der Waals surface area contributed by atoms with E-state index in [2.05, 4.69) is 17.2 Å². The largest absolute Gasteiger partial charge is 0.507 e. The van der Waals surface area contributed by atoms with E-state index in [1.54, 1.807) is 26.0 Å². The zero-order valence-electron chi connectivity index (χ0n) is 14.8. The van der Waals surface area contributed by atoms with Crippen LogP contribution in [0.1, 0.15) is 40.1 Å². The molecule has 2 aromatic carbocycles. The molecule has 1 aliphatic heterocycles. The number of ether oxygens (including phenoxy) is 1. The van der Waals surface area contributed by atoms with Crippen LogP contribution in [0.2, 0.25) is 0 Å². The van der Waals surface area contributed by atoms with Crippen molar-refractivity contribution in [1.29, 1.82) is 0 Å². The predicted octanol–water partition coefficient (Wildman–Crippen LogP) is 3.17. The summed E-state index contributed by atoms with van der Waals surface area (Å²) in [6.45, 7) is 6.93. The van der Waals surface area contributed by atoms with Crippen molar-refractivity contribution >= 4 is 29.2 Å². The number of anilines is 2. The van der Waals surface area contributed by atoms with Gasteiger partial charge in [-0.3, -0.25) is 9.59 Å². The Morgan fingerprint density at radius 2 is 1.78 bits per heavy atom. The molecule has 1 heterocycles. The van der Waals surface area contributed by atoms with Gasteiger partial charge in [0.2, 0.25) is 5.91 Å². The van der Waals surface area contributed by atoms with Crippen LogP contribution in [-0.2, 0) is 15.1 Å². The minimum Gasteiger partial charge on any atom is -0.507 e. The number of nitrogens with one attached hydrogen (secondary N) is 2. The first-order valence-electron chi connectivity index (χ1n) is 8.17. The molecule has 2 amide bonds. The number of hydrogen-bond donors (Lipinski definition) is 3. The maximum absolute atomic E-state index is 12.5. The van der Waals surface area contributed by atoms with E-state index >= 15 is 0 Å². The third-order valence-corrected chi connectivity index (χ3v) is 4.19. The van der Waals surface area contributed by atoms with Gasteiger partial charge in [-0.05, 0) is 50.3 Å². The quantitative estimate of drug-likeness (QED) is 0.438. The lowest BCUT2D eigenvalue weighted by atomic mass is 9.95. The highest BCUT2D eigenvalue weighted by Gasteiger charge is 2.37. The monoisotopic (exact) mass is 366 g/mol.